The van der Waals surface area contributed by atoms with Gasteiger partial charge in [-0.05, 0) is 12.8 Å². The largest absolute Gasteiger partial charge is 0.388 e. The molecule has 1 aromatic heterocycles. The van der Waals surface area contributed by atoms with Gasteiger partial charge >= 0.3 is 0 Å². The van der Waals surface area contributed by atoms with Crippen LogP contribution in [-0.2, 0) is 16.8 Å². The average molecular weight is 321 g/mol. The molecule has 5 heteroatoms. The van der Waals surface area contributed by atoms with Gasteiger partial charge in [-0.3, -0.25) is 0 Å². The Morgan fingerprint density at radius 2 is 1.83 bits per heavy atom. The van der Waals surface area contributed by atoms with Crippen LogP contribution in [0.1, 0.15) is 70.8 Å². The van der Waals surface area contributed by atoms with Gasteiger partial charge in [0, 0.05) is 25.1 Å². The molecule has 1 heterocycles. The number of rotatable bonds is 5. The Bertz CT molecular complexity index is 503. The summed E-state index contributed by atoms with van der Waals surface area (Å²) in [5.74, 6) is 1.57. The molecule has 1 aliphatic rings. The molecule has 0 atom stereocenters. The molecule has 23 heavy (non-hydrogen) atoms. The number of anilines is 1. The van der Waals surface area contributed by atoms with Crippen molar-refractivity contribution in [2.45, 2.75) is 76.9 Å². The molecular formula is C18H31N3O2. The first-order chi connectivity index (χ1) is 10.8. The van der Waals surface area contributed by atoms with Crippen LogP contribution in [0.5, 0.6) is 0 Å². The molecule has 1 saturated carbocycles. The third kappa shape index (κ3) is 5.43. The van der Waals surface area contributed by atoms with Crippen LogP contribution in [0.2, 0.25) is 0 Å². The summed E-state index contributed by atoms with van der Waals surface area (Å²) in [7, 11) is 1.67. The summed E-state index contributed by atoms with van der Waals surface area (Å²) in [6.07, 6.45) is 6.38. The van der Waals surface area contributed by atoms with Crippen LogP contribution in [0.15, 0.2) is 6.07 Å². The van der Waals surface area contributed by atoms with Gasteiger partial charge in [-0.2, -0.15) is 0 Å². The minimum atomic E-state index is -0.620. The zero-order valence-electron chi connectivity index (χ0n) is 15.0. The molecule has 0 aliphatic heterocycles. The van der Waals surface area contributed by atoms with Gasteiger partial charge in [0.2, 0.25) is 0 Å². The van der Waals surface area contributed by atoms with Crippen molar-refractivity contribution in [1.82, 2.24) is 9.97 Å². The van der Waals surface area contributed by atoms with Crippen LogP contribution in [0, 0.1) is 0 Å². The van der Waals surface area contributed by atoms with Gasteiger partial charge in [-0.1, -0.05) is 46.5 Å². The van der Waals surface area contributed by atoms with Crippen molar-refractivity contribution in [2.24, 2.45) is 0 Å². The molecular weight excluding hydrogens is 290 g/mol. The van der Waals surface area contributed by atoms with Crippen molar-refractivity contribution in [3.8, 4) is 0 Å². The highest BCUT2D eigenvalue weighted by atomic mass is 16.5. The van der Waals surface area contributed by atoms with E-state index in [0.29, 0.717) is 13.2 Å². The minimum absolute atomic E-state index is 0.126. The van der Waals surface area contributed by atoms with E-state index in [2.05, 4.69) is 36.1 Å². The van der Waals surface area contributed by atoms with Crippen molar-refractivity contribution in [2.75, 3.05) is 19.0 Å². The Kier molecular flexibility index (Phi) is 5.98. The van der Waals surface area contributed by atoms with E-state index >= 15 is 0 Å². The van der Waals surface area contributed by atoms with Gasteiger partial charge in [-0.25, -0.2) is 9.97 Å². The second-order valence-corrected chi connectivity index (χ2v) is 7.74. The fourth-order valence-electron chi connectivity index (χ4n) is 2.96. The first kappa shape index (κ1) is 18.1. The maximum atomic E-state index is 10.8. The van der Waals surface area contributed by atoms with Crippen molar-refractivity contribution in [1.29, 1.82) is 0 Å². The number of hydrogen-bond acceptors (Lipinski definition) is 5. The van der Waals surface area contributed by atoms with Crippen LogP contribution in [-0.4, -0.2) is 34.3 Å². The lowest BCUT2D eigenvalue weighted by atomic mass is 9.94. The summed E-state index contributed by atoms with van der Waals surface area (Å²) in [5.41, 5.74) is 0.118. The number of nitrogens with one attached hydrogen (secondary N) is 1. The molecule has 1 fully saturated rings. The third-order valence-corrected chi connectivity index (χ3v) is 4.38. The summed E-state index contributed by atoms with van der Waals surface area (Å²) < 4.78 is 5.21. The monoisotopic (exact) mass is 321 g/mol. The molecule has 0 radical (unpaired) electrons. The van der Waals surface area contributed by atoms with Crippen LogP contribution in [0.3, 0.4) is 0 Å². The first-order valence-electron chi connectivity index (χ1n) is 8.66. The number of aromatic nitrogens is 2. The highest BCUT2D eigenvalue weighted by Crippen LogP contribution is 2.27. The molecule has 1 aliphatic carbocycles. The zero-order chi connectivity index (χ0) is 16.9. The molecule has 0 aromatic carbocycles. The van der Waals surface area contributed by atoms with Crippen LogP contribution < -0.4 is 5.32 Å². The van der Waals surface area contributed by atoms with Gasteiger partial charge in [0.15, 0.2) is 0 Å². The molecule has 1 aromatic rings. The Morgan fingerprint density at radius 1 is 1.17 bits per heavy atom. The maximum Gasteiger partial charge on any atom is 0.136 e. The Balaban J connectivity index is 2.13. The normalized spacial score (nSPS) is 18.5. The smallest absolute Gasteiger partial charge is 0.136 e. The van der Waals surface area contributed by atoms with Gasteiger partial charge in [0.1, 0.15) is 11.6 Å². The van der Waals surface area contributed by atoms with Gasteiger partial charge in [0.25, 0.3) is 0 Å². The Hall–Kier alpha value is -1.20. The highest BCUT2D eigenvalue weighted by molar-refractivity contribution is 5.37. The fraction of sp³-hybridized carbons (Fsp3) is 0.778. The average Bonchev–Trinajstić information content (AvgIpc) is 2.70. The van der Waals surface area contributed by atoms with Crippen molar-refractivity contribution < 1.29 is 9.84 Å². The maximum absolute atomic E-state index is 10.8. The van der Waals surface area contributed by atoms with Gasteiger partial charge in [0.05, 0.1) is 17.9 Å². The number of nitrogens with zero attached hydrogens (tertiary/aromatic N) is 2. The Morgan fingerprint density at radius 3 is 2.39 bits per heavy atom. The van der Waals surface area contributed by atoms with E-state index < -0.39 is 5.60 Å². The summed E-state index contributed by atoms with van der Waals surface area (Å²) in [4.78, 5) is 9.22. The lowest BCUT2D eigenvalue weighted by Crippen LogP contribution is -2.36. The van der Waals surface area contributed by atoms with E-state index in [9.17, 15) is 5.11 Å². The van der Waals surface area contributed by atoms with E-state index in [0.717, 1.165) is 43.0 Å². The summed E-state index contributed by atoms with van der Waals surface area (Å²) in [5, 5.41) is 14.1. The summed E-state index contributed by atoms with van der Waals surface area (Å²) in [6, 6.07) is 1.92. The predicted molar refractivity (Wildman–Crippen MR) is 92.6 cm³/mol. The molecule has 2 N–H and O–H groups in total. The van der Waals surface area contributed by atoms with E-state index in [1.54, 1.807) is 7.11 Å². The molecule has 0 spiro atoms. The third-order valence-electron chi connectivity index (χ3n) is 4.38. The minimum Gasteiger partial charge on any atom is -0.388 e. The number of aliphatic hydroxyl groups is 1. The highest BCUT2D eigenvalue weighted by Gasteiger charge is 2.28. The number of ether oxygens (including phenoxy) is 1. The fourth-order valence-corrected chi connectivity index (χ4v) is 2.96. The first-order valence-corrected chi connectivity index (χ1v) is 8.66. The van der Waals surface area contributed by atoms with Crippen LogP contribution >= 0.6 is 0 Å². The van der Waals surface area contributed by atoms with E-state index in [4.69, 9.17) is 4.74 Å². The molecule has 5 nitrogen and oxygen atoms in total. The topological polar surface area (TPSA) is 67.3 Å². The molecule has 0 bridgehead atoms. The van der Waals surface area contributed by atoms with E-state index in [-0.39, 0.29) is 5.41 Å². The van der Waals surface area contributed by atoms with Crippen LogP contribution in [0.25, 0.3) is 0 Å². The molecule has 0 saturated heterocycles. The standard InChI is InChI=1S/C18H31N3O2/c1-17(2,3)16-20-14(12-23-4)11-15(21-16)19-13-18(22)9-7-5-6-8-10-18/h11,22H,5-10,12-13H2,1-4H3,(H,19,20,21). The zero-order valence-corrected chi connectivity index (χ0v) is 15.0. The molecule has 130 valence electrons. The van der Waals surface area contributed by atoms with Crippen molar-refractivity contribution >= 4 is 5.82 Å². The lowest BCUT2D eigenvalue weighted by Gasteiger charge is -2.27. The molecule has 0 amide bonds. The summed E-state index contributed by atoms with van der Waals surface area (Å²) in [6.45, 7) is 7.30. The van der Waals surface area contributed by atoms with Crippen molar-refractivity contribution in [3.63, 3.8) is 0 Å². The number of hydrogen-bond donors (Lipinski definition) is 2. The summed E-state index contributed by atoms with van der Waals surface area (Å²) >= 11 is 0. The van der Waals surface area contributed by atoms with Crippen molar-refractivity contribution in [3.05, 3.63) is 17.6 Å². The van der Waals surface area contributed by atoms with Gasteiger partial charge < -0.3 is 15.2 Å². The predicted octanol–water partition coefficient (Wildman–Crippen LogP) is 3.42. The quantitative estimate of drug-likeness (QED) is 0.813. The SMILES string of the molecule is COCc1cc(NCC2(O)CCCCCC2)nc(C(C)(C)C)n1. The lowest BCUT2D eigenvalue weighted by molar-refractivity contribution is 0.0380. The molecule has 2 rings (SSSR count). The van der Waals surface area contributed by atoms with Gasteiger partial charge in [-0.15, -0.1) is 0 Å². The van der Waals surface area contributed by atoms with E-state index in [1.165, 1.54) is 12.8 Å². The number of methoxy groups -OCH3 is 1. The van der Waals surface area contributed by atoms with E-state index in [1.807, 2.05) is 6.07 Å². The Labute approximate surface area is 139 Å². The second kappa shape index (κ2) is 7.58. The molecule has 0 unspecified atom stereocenters. The second-order valence-electron chi connectivity index (χ2n) is 7.74. The van der Waals surface area contributed by atoms with Crippen LogP contribution in [0.4, 0.5) is 5.82 Å².